The fraction of sp³-hybridized carbons (Fsp3) is 0.571. The lowest BCUT2D eigenvalue weighted by atomic mass is 10.1. The monoisotopic (exact) mass is 378 g/mol. The van der Waals surface area contributed by atoms with E-state index in [-0.39, 0.29) is 0 Å². The smallest absolute Gasteiger partial charge is 0.211 e. The molecular weight excluding hydrogens is 356 g/mol. The summed E-state index contributed by atoms with van der Waals surface area (Å²) in [5, 5.41) is 13.2. The lowest BCUT2D eigenvalue weighted by molar-refractivity contribution is 0.174. The van der Waals surface area contributed by atoms with Crippen LogP contribution >= 0.6 is 15.9 Å². The number of aliphatic hydroxyl groups excluding tert-OH is 1. The molecule has 0 aliphatic carbocycles. The lowest BCUT2D eigenvalue weighted by Crippen LogP contribution is -2.33. The Hall–Kier alpha value is -0.470. The standard InChI is InChI=1S/C14H23BrN2O3S/c1-3-17(21(2,19)20)9-5-8-16-11-14(18)12-6-4-7-13(15)10-12/h4,6-7,10,14,16,18H,3,5,8-9,11H2,1-2H3. The molecule has 120 valence electrons. The molecule has 0 saturated carbocycles. The number of benzene rings is 1. The average molecular weight is 379 g/mol. The molecule has 7 heteroatoms. The molecule has 0 amide bonds. The normalized spacial score (nSPS) is 13.6. The van der Waals surface area contributed by atoms with E-state index in [0.717, 1.165) is 10.0 Å². The van der Waals surface area contributed by atoms with Crippen molar-refractivity contribution >= 4 is 26.0 Å². The molecule has 0 aliphatic rings. The van der Waals surface area contributed by atoms with E-state index in [2.05, 4.69) is 21.2 Å². The maximum atomic E-state index is 11.4. The molecule has 1 unspecified atom stereocenters. The lowest BCUT2D eigenvalue weighted by Gasteiger charge is -2.18. The van der Waals surface area contributed by atoms with Crippen molar-refractivity contribution in [3.05, 3.63) is 34.3 Å². The Balaban J connectivity index is 2.28. The van der Waals surface area contributed by atoms with Crippen molar-refractivity contribution in [1.29, 1.82) is 0 Å². The molecule has 2 N–H and O–H groups in total. The molecule has 0 saturated heterocycles. The molecule has 0 aliphatic heterocycles. The largest absolute Gasteiger partial charge is 0.387 e. The molecule has 5 nitrogen and oxygen atoms in total. The van der Waals surface area contributed by atoms with E-state index in [0.29, 0.717) is 32.6 Å². The zero-order chi connectivity index (χ0) is 15.9. The van der Waals surface area contributed by atoms with Gasteiger partial charge in [0.05, 0.1) is 12.4 Å². The van der Waals surface area contributed by atoms with Gasteiger partial charge in [0.25, 0.3) is 0 Å². The van der Waals surface area contributed by atoms with Gasteiger partial charge in [-0.15, -0.1) is 0 Å². The summed E-state index contributed by atoms with van der Waals surface area (Å²) in [6.07, 6.45) is 1.37. The topological polar surface area (TPSA) is 69.6 Å². The molecule has 1 atom stereocenters. The van der Waals surface area contributed by atoms with Gasteiger partial charge in [-0.05, 0) is 30.7 Å². The third-order valence-electron chi connectivity index (χ3n) is 3.15. The minimum absolute atomic E-state index is 0.446. The molecule has 1 rings (SSSR count). The molecular formula is C14H23BrN2O3S. The van der Waals surface area contributed by atoms with Crippen molar-refractivity contribution in [2.24, 2.45) is 0 Å². The van der Waals surface area contributed by atoms with E-state index in [1.807, 2.05) is 31.2 Å². The van der Waals surface area contributed by atoms with Crippen LogP contribution < -0.4 is 5.32 Å². The van der Waals surface area contributed by atoms with Crippen molar-refractivity contribution in [2.45, 2.75) is 19.4 Å². The Morgan fingerprint density at radius 3 is 2.71 bits per heavy atom. The quantitative estimate of drug-likeness (QED) is 0.642. The Labute approximate surface area is 135 Å². The minimum Gasteiger partial charge on any atom is -0.387 e. The zero-order valence-electron chi connectivity index (χ0n) is 12.4. The average Bonchev–Trinajstić information content (AvgIpc) is 2.41. The Morgan fingerprint density at radius 2 is 2.14 bits per heavy atom. The second kappa shape index (κ2) is 8.85. The summed E-state index contributed by atoms with van der Waals surface area (Å²) in [4.78, 5) is 0. The minimum atomic E-state index is -3.12. The van der Waals surface area contributed by atoms with Crippen LogP contribution in [-0.2, 0) is 10.0 Å². The van der Waals surface area contributed by atoms with Crippen molar-refractivity contribution in [2.75, 3.05) is 32.4 Å². The number of sulfonamides is 1. The van der Waals surface area contributed by atoms with Crippen LogP contribution in [-0.4, -0.2) is 50.3 Å². The van der Waals surface area contributed by atoms with Crippen LogP contribution in [0.4, 0.5) is 0 Å². The first-order valence-corrected chi connectivity index (χ1v) is 9.58. The maximum absolute atomic E-state index is 11.4. The van der Waals surface area contributed by atoms with Crippen LogP contribution in [0.15, 0.2) is 28.7 Å². The van der Waals surface area contributed by atoms with Gasteiger partial charge in [-0.1, -0.05) is 35.0 Å². The van der Waals surface area contributed by atoms with Crippen molar-refractivity contribution < 1.29 is 13.5 Å². The molecule has 21 heavy (non-hydrogen) atoms. The first kappa shape index (κ1) is 18.6. The number of nitrogens with one attached hydrogen (secondary N) is 1. The third-order valence-corrected chi connectivity index (χ3v) is 5.03. The van der Waals surface area contributed by atoms with Gasteiger partial charge >= 0.3 is 0 Å². The molecule has 0 fully saturated rings. The SMILES string of the molecule is CCN(CCCNCC(O)c1cccc(Br)c1)S(C)(=O)=O. The summed E-state index contributed by atoms with van der Waals surface area (Å²) in [5.74, 6) is 0. The van der Waals surface area contributed by atoms with E-state index in [1.165, 1.54) is 10.6 Å². The van der Waals surface area contributed by atoms with Crippen LogP contribution in [0, 0.1) is 0 Å². The maximum Gasteiger partial charge on any atom is 0.211 e. The second-order valence-corrected chi connectivity index (χ2v) is 7.78. The van der Waals surface area contributed by atoms with E-state index in [9.17, 15) is 13.5 Å². The molecule has 0 spiro atoms. The molecule has 1 aromatic carbocycles. The third kappa shape index (κ3) is 6.88. The fourth-order valence-corrected chi connectivity index (χ4v) is 3.36. The first-order valence-electron chi connectivity index (χ1n) is 6.94. The predicted molar refractivity (Wildman–Crippen MR) is 88.7 cm³/mol. The predicted octanol–water partition coefficient (Wildman–Crippen LogP) is 1.74. The highest BCUT2D eigenvalue weighted by Gasteiger charge is 2.13. The van der Waals surface area contributed by atoms with Crippen LogP contribution in [0.25, 0.3) is 0 Å². The van der Waals surface area contributed by atoms with E-state index < -0.39 is 16.1 Å². The molecule has 0 bridgehead atoms. The zero-order valence-corrected chi connectivity index (χ0v) is 14.8. The fourth-order valence-electron chi connectivity index (χ4n) is 2.01. The van der Waals surface area contributed by atoms with Gasteiger partial charge < -0.3 is 10.4 Å². The molecule has 0 heterocycles. The number of rotatable bonds is 9. The summed E-state index contributed by atoms with van der Waals surface area (Å²) in [7, 11) is -3.12. The number of hydrogen-bond acceptors (Lipinski definition) is 4. The van der Waals surface area contributed by atoms with Crippen molar-refractivity contribution in [1.82, 2.24) is 9.62 Å². The van der Waals surface area contributed by atoms with Crippen LogP contribution in [0.5, 0.6) is 0 Å². The van der Waals surface area contributed by atoms with E-state index in [4.69, 9.17) is 0 Å². The summed E-state index contributed by atoms with van der Waals surface area (Å²) < 4.78 is 25.2. The van der Waals surface area contributed by atoms with Gasteiger partial charge in [0.1, 0.15) is 0 Å². The molecule has 0 aromatic heterocycles. The Morgan fingerprint density at radius 1 is 1.43 bits per heavy atom. The Kier molecular flexibility index (Phi) is 7.83. The van der Waals surface area contributed by atoms with Crippen molar-refractivity contribution in [3.8, 4) is 0 Å². The van der Waals surface area contributed by atoms with Crippen LogP contribution in [0.2, 0.25) is 0 Å². The second-order valence-electron chi connectivity index (χ2n) is 4.88. The number of nitrogens with zero attached hydrogens (tertiary/aromatic N) is 1. The van der Waals surface area contributed by atoms with Gasteiger partial charge in [0.2, 0.25) is 10.0 Å². The van der Waals surface area contributed by atoms with Gasteiger partial charge in [-0.3, -0.25) is 0 Å². The van der Waals surface area contributed by atoms with Crippen LogP contribution in [0.3, 0.4) is 0 Å². The van der Waals surface area contributed by atoms with Gasteiger partial charge in [-0.25, -0.2) is 12.7 Å². The number of hydrogen-bond donors (Lipinski definition) is 2. The molecule has 1 aromatic rings. The number of aliphatic hydroxyl groups is 1. The van der Waals surface area contributed by atoms with E-state index >= 15 is 0 Å². The highest BCUT2D eigenvalue weighted by molar-refractivity contribution is 9.10. The van der Waals surface area contributed by atoms with Gasteiger partial charge in [0.15, 0.2) is 0 Å². The van der Waals surface area contributed by atoms with Gasteiger partial charge in [0, 0.05) is 24.1 Å². The summed E-state index contributed by atoms with van der Waals surface area (Å²) in [6, 6.07) is 7.55. The van der Waals surface area contributed by atoms with Crippen LogP contribution in [0.1, 0.15) is 25.0 Å². The van der Waals surface area contributed by atoms with E-state index in [1.54, 1.807) is 0 Å². The first-order chi connectivity index (χ1) is 9.84. The number of halogens is 1. The molecule has 0 radical (unpaired) electrons. The highest BCUT2D eigenvalue weighted by atomic mass is 79.9. The summed E-state index contributed by atoms with van der Waals surface area (Å²) in [5.41, 5.74) is 0.850. The highest BCUT2D eigenvalue weighted by Crippen LogP contribution is 2.17. The van der Waals surface area contributed by atoms with Gasteiger partial charge in [-0.2, -0.15) is 0 Å². The summed E-state index contributed by atoms with van der Waals surface area (Å²) in [6.45, 7) is 3.92. The Bertz CT molecular complexity index is 537. The summed E-state index contributed by atoms with van der Waals surface area (Å²) >= 11 is 3.37. The van der Waals surface area contributed by atoms with Crippen molar-refractivity contribution in [3.63, 3.8) is 0 Å².